The average Bonchev–Trinajstić information content (AvgIpc) is 2.96. The number of nitrogens with one attached hydrogen (secondary N) is 2. The molecule has 0 saturated carbocycles. The number of nitrogens with zero attached hydrogens (tertiary/aromatic N) is 1. The van der Waals surface area contributed by atoms with E-state index in [2.05, 4.69) is 29.4 Å². The van der Waals surface area contributed by atoms with E-state index in [-0.39, 0.29) is 12.0 Å². The monoisotopic (exact) mass is 237 g/mol. The molecule has 1 aromatic heterocycles. The molecule has 2 N–H and O–H groups in total. The van der Waals surface area contributed by atoms with Crippen LogP contribution in [-0.2, 0) is 4.74 Å². The summed E-state index contributed by atoms with van der Waals surface area (Å²) in [6.07, 6.45) is 4.41. The Morgan fingerprint density at radius 2 is 2.53 bits per heavy atom. The summed E-state index contributed by atoms with van der Waals surface area (Å²) in [6.45, 7) is 5.78. The van der Waals surface area contributed by atoms with Gasteiger partial charge < -0.3 is 10.1 Å². The van der Waals surface area contributed by atoms with Crippen molar-refractivity contribution in [3.05, 3.63) is 18.0 Å². The van der Waals surface area contributed by atoms with Crippen molar-refractivity contribution in [1.29, 1.82) is 0 Å². The van der Waals surface area contributed by atoms with Crippen LogP contribution in [0.5, 0.6) is 0 Å². The number of ether oxygens (including phenoxy) is 1. The van der Waals surface area contributed by atoms with Crippen molar-refractivity contribution in [2.75, 3.05) is 13.2 Å². The van der Waals surface area contributed by atoms with Gasteiger partial charge in [0, 0.05) is 25.3 Å². The quantitative estimate of drug-likeness (QED) is 0.827. The lowest BCUT2D eigenvalue weighted by atomic mass is 9.93. The first-order valence-electron chi connectivity index (χ1n) is 6.07. The van der Waals surface area contributed by atoms with E-state index >= 15 is 0 Å². The van der Waals surface area contributed by atoms with E-state index in [1.165, 1.54) is 6.20 Å². The van der Waals surface area contributed by atoms with Crippen molar-refractivity contribution >= 4 is 5.91 Å². The Bertz CT molecular complexity index is 362. The van der Waals surface area contributed by atoms with Gasteiger partial charge in [-0.15, -0.1) is 0 Å². The van der Waals surface area contributed by atoms with Crippen molar-refractivity contribution in [3.63, 3.8) is 0 Å². The number of hydrogen-bond donors (Lipinski definition) is 2. The zero-order valence-electron chi connectivity index (χ0n) is 10.3. The number of carbonyl (C=O) groups excluding carboxylic acids is 1. The number of aromatic amines is 1. The molecule has 1 aliphatic rings. The summed E-state index contributed by atoms with van der Waals surface area (Å²) in [5.41, 5.74) is 0.574. The molecule has 0 bridgehead atoms. The fourth-order valence-electron chi connectivity index (χ4n) is 2.31. The van der Waals surface area contributed by atoms with E-state index in [0.717, 1.165) is 13.0 Å². The van der Waals surface area contributed by atoms with Crippen LogP contribution in [0.1, 0.15) is 30.6 Å². The van der Waals surface area contributed by atoms with Gasteiger partial charge in [0.25, 0.3) is 5.91 Å². The topological polar surface area (TPSA) is 67.0 Å². The molecular formula is C12H19N3O2. The summed E-state index contributed by atoms with van der Waals surface area (Å²) >= 11 is 0. The van der Waals surface area contributed by atoms with Gasteiger partial charge in [-0.05, 0) is 12.3 Å². The van der Waals surface area contributed by atoms with Gasteiger partial charge in [0.15, 0.2) is 0 Å². The molecule has 0 aromatic carbocycles. The summed E-state index contributed by atoms with van der Waals surface area (Å²) in [6, 6.07) is 0. The lowest BCUT2D eigenvalue weighted by Crippen LogP contribution is -2.34. The van der Waals surface area contributed by atoms with E-state index < -0.39 is 0 Å². The molecule has 2 atom stereocenters. The van der Waals surface area contributed by atoms with Gasteiger partial charge in [-0.3, -0.25) is 9.89 Å². The third kappa shape index (κ3) is 2.85. The highest BCUT2D eigenvalue weighted by molar-refractivity contribution is 5.93. The summed E-state index contributed by atoms with van der Waals surface area (Å²) < 4.78 is 5.68. The van der Waals surface area contributed by atoms with Crippen LogP contribution in [0.3, 0.4) is 0 Å². The second-order valence-electron chi connectivity index (χ2n) is 4.83. The summed E-state index contributed by atoms with van der Waals surface area (Å²) in [5.74, 6) is 0.840. The van der Waals surface area contributed by atoms with Gasteiger partial charge >= 0.3 is 0 Å². The molecule has 1 aliphatic heterocycles. The highest BCUT2D eigenvalue weighted by atomic mass is 16.5. The Hall–Kier alpha value is -1.36. The molecule has 0 unspecified atom stereocenters. The van der Waals surface area contributed by atoms with E-state index in [4.69, 9.17) is 4.74 Å². The van der Waals surface area contributed by atoms with Crippen molar-refractivity contribution in [3.8, 4) is 0 Å². The molecule has 2 heterocycles. The van der Waals surface area contributed by atoms with Gasteiger partial charge in [-0.25, -0.2) is 0 Å². The molecule has 1 amide bonds. The van der Waals surface area contributed by atoms with Crippen molar-refractivity contribution < 1.29 is 9.53 Å². The van der Waals surface area contributed by atoms with Gasteiger partial charge in [-0.2, -0.15) is 5.10 Å². The average molecular weight is 237 g/mol. The van der Waals surface area contributed by atoms with Crippen LogP contribution >= 0.6 is 0 Å². The summed E-state index contributed by atoms with van der Waals surface area (Å²) in [7, 11) is 0. The SMILES string of the molecule is CC(C)[C@H]1OCC[C@@H]1CNC(=O)c1cn[nH]c1. The molecule has 1 aromatic rings. The molecule has 5 heteroatoms. The molecule has 0 radical (unpaired) electrons. The number of carbonyl (C=O) groups is 1. The second kappa shape index (κ2) is 5.31. The van der Waals surface area contributed by atoms with E-state index in [0.29, 0.717) is 23.9 Å². The number of hydrogen-bond acceptors (Lipinski definition) is 3. The van der Waals surface area contributed by atoms with E-state index in [1.807, 2.05) is 0 Å². The largest absolute Gasteiger partial charge is 0.378 e. The third-order valence-electron chi connectivity index (χ3n) is 3.21. The predicted octanol–water partition coefficient (Wildman–Crippen LogP) is 1.20. The first-order chi connectivity index (χ1) is 8.18. The lowest BCUT2D eigenvalue weighted by Gasteiger charge is -2.22. The van der Waals surface area contributed by atoms with Gasteiger partial charge in [-0.1, -0.05) is 13.8 Å². The number of H-pyrrole nitrogens is 1. The van der Waals surface area contributed by atoms with Gasteiger partial charge in [0.2, 0.25) is 0 Å². The van der Waals surface area contributed by atoms with Crippen LogP contribution in [0.15, 0.2) is 12.4 Å². The van der Waals surface area contributed by atoms with Gasteiger partial charge in [0.05, 0.1) is 17.9 Å². The van der Waals surface area contributed by atoms with Crippen LogP contribution in [0.4, 0.5) is 0 Å². The molecule has 94 valence electrons. The molecule has 0 aliphatic carbocycles. The molecule has 17 heavy (non-hydrogen) atoms. The Kier molecular flexibility index (Phi) is 3.78. The van der Waals surface area contributed by atoms with Crippen molar-refractivity contribution in [1.82, 2.24) is 15.5 Å². The lowest BCUT2D eigenvalue weighted by molar-refractivity contribution is 0.0533. The molecule has 0 spiro atoms. The standard InChI is InChI=1S/C12H19N3O2/c1-8(2)11-9(3-4-17-11)5-13-12(16)10-6-14-15-7-10/h6-9,11H,3-5H2,1-2H3,(H,13,16)(H,14,15)/t9-,11-/m1/s1. The molecule has 5 nitrogen and oxygen atoms in total. The Balaban J connectivity index is 1.84. The number of amides is 1. The van der Waals surface area contributed by atoms with Crippen LogP contribution < -0.4 is 5.32 Å². The normalized spacial score (nSPS) is 24.2. The molecular weight excluding hydrogens is 218 g/mol. The van der Waals surface area contributed by atoms with Crippen molar-refractivity contribution in [2.45, 2.75) is 26.4 Å². The Morgan fingerprint density at radius 3 is 3.18 bits per heavy atom. The highest BCUT2D eigenvalue weighted by Gasteiger charge is 2.30. The minimum Gasteiger partial charge on any atom is -0.378 e. The molecule has 1 saturated heterocycles. The number of aromatic nitrogens is 2. The smallest absolute Gasteiger partial charge is 0.254 e. The predicted molar refractivity (Wildman–Crippen MR) is 63.6 cm³/mol. The first-order valence-corrected chi connectivity index (χ1v) is 6.07. The Morgan fingerprint density at radius 1 is 1.71 bits per heavy atom. The van der Waals surface area contributed by atoms with Gasteiger partial charge in [0.1, 0.15) is 0 Å². The fourth-order valence-corrected chi connectivity index (χ4v) is 2.31. The minimum absolute atomic E-state index is 0.0758. The van der Waals surface area contributed by atoms with Crippen molar-refractivity contribution in [2.24, 2.45) is 11.8 Å². The summed E-state index contributed by atoms with van der Waals surface area (Å²) in [5, 5.41) is 9.32. The fraction of sp³-hybridized carbons (Fsp3) is 0.667. The van der Waals surface area contributed by atoms with E-state index in [9.17, 15) is 4.79 Å². The first kappa shape index (κ1) is 12.1. The zero-order chi connectivity index (χ0) is 12.3. The second-order valence-corrected chi connectivity index (χ2v) is 4.83. The van der Waals surface area contributed by atoms with Crippen LogP contribution in [0, 0.1) is 11.8 Å². The van der Waals surface area contributed by atoms with E-state index in [1.54, 1.807) is 6.20 Å². The van der Waals surface area contributed by atoms with Crippen LogP contribution in [-0.4, -0.2) is 35.4 Å². The maximum absolute atomic E-state index is 11.7. The van der Waals surface area contributed by atoms with Crippen LogP contribution in [0.2, 0.25) is 0 Å². The summed E-state index contributed by atoms with van der Waals surface area (Å²) in [4.78, 5) is 11.7. The Labute approximate surface area is 101 Å². The molecule has 1 fully saturated rings. The third-order valence-corrected chi connectivity index (χ3v) is 3.21. The highest BCUT2D eigenvalue weighted by Crippen LogP contribution is 2.26. The minimum atomic E-state index is -0.0758. The van der Waals surface area contributed by atoms with Crippen LogP contribution in [0.25, 0.3) is 0 Å². The maximum atomic E-state index is 11.7. The molecule has 2 rings (SSSR count). The number of rotatable bonds is 4. The zero-order valence-corrected chi connectivity index (χ0v) is 10.3. The maximum Gasteiger partial charge on any atom is 0.254 e.